The van der Waals surface area contributed by atoms with E-state index < -0.39 is 5.60 Å². The van der Waals surface area contributed by atoms with Gasteiger partial charge in [0.1, 0.15) is 5.82 Å². The molecule has 0 spiro atoms. The molecule has 0 radical (unpaired) electrons. The quantitative estimate of drug-likeness (QED) is 0.760. The largest absolute Gasteiger partial charge is 0.389 e. The minimum atomic E-state index is -0.771. The molecule has 0 bridgehead atoms. The van der Waals surface area contributed by atoms with E-state index >= 15 is 0 Å². The van der Waals surface area contributed by atoms with Crippen LogP contribution in [0, 0.1) is 5.82 Å². The van der Waals surface area contributed by atoms with Crippen molar-refractivity contribution >= 4 is 34.0 Å². The van der Waals surface area contributed by atoms with Crippen molar-refractivity contribution in [1.82, 2.24) is 9.27 Å². The van der Waals surface area contributed by atoms with E-state index in [1.54, 1.807) is 6.07 Å². The second kappa shape index (κ2) is 8.76. The molecule has 25 heavy (non-hydrogen) atoms. The number of likely N-dealkylation sites (tertiary alicyclic amines) is 1. The van der Waals surface area contributed by atoms with Gasteiger partial charge in [-0.2, -0.15) is 4.37 Å². The zero-order valence-electron chi connectivity index (χ0n) is 15.0. The molecule has 1 fully saturated rings. The van der Waals surface area contributed by atoms with E-state index in [4.69, 9.17) is 0 Å². The van der Waals surface area contributed by atoms with E-state index in [0.717, 1.165) is 41.8 Å². The molecule has 1 aliphatic heterocycles. The van der Waals surface area contributed by atoms with E-state index in [1.165, 1.54) is 42.9 Å². The zero-order chi connectivity index (χ0) is 17.2. The summed E-state index contributed by atoms with van der Waals surface area (Å²) >= 11 is 1.32. The lowest BCUT2D eigenvalue weighted by Gasteiger charge is -2.36. The van der Waals surface area contributed by atoms with E-state index in [1.807, 2.05) is 6.92 Å². The standard InChI is InChI=1S/C19H27FN2OS.ClH/c1-3-19(23,9-12-22-10-5-4-6-11-22)14(2)18-16-8-7-15(20)13-17(16)24-21-18;/h7-8,13-14,23H,3-6,9-12H2,1-2H3;1H. The summed E-state index contributed by atoms with van der Waals surface area (Å²) in [5.41, 5.74) is 0.130. The Balaban J connectivity index is 0.00000225. The Kier molecular flexibility index (Phi) is 7.20. The van der Waals surface area contributed by atoms with Crippen molar-refractivity contribution in [2.24, 2.45) is 0 Å². The average molecular weight is 387 g/mol. The number of piperidine rings is 1. The molecule has 1 aliphatic rings. The molecular weight excluding hydrogens is 359 g/mol. The Labute approximate surface area is 159 Å². The summed E-state index contributed by atoms with van der Waals surface area (Å²) in [5.74, 6) is -0.298. The predicted molar refractivity (Wildman–Crippen MR) is 105 cm³/mol. The second-order valence-corrected chi connectivity index (χ2v) is 7.84. The third kappa shape index (κ3) is 4.51. The summed E-state index contributed by atoms with van der Waals surface area (Å²) in [6, 6.07) is 4.80. The average Bonchev–Trinajstić information content (AvgIpc) is 3.02. The van der Waals surface area contributed by atoms with Crippen molar-refractivity contribution in [1.29, 1.82) is 0 Å². The van der Waals surface area contributed by atoms with Gasteiger partial charge in [0.15, 0.2) is 0 Å². The molecule has 140 valence electrons. The Bertz CT molecular complexity index is 689. The molecule has 3 rings (SSSR count). The van der Waals surface area contributed by atoms with Gasteiger partial charge in [-0.3, -0.25) is 0 Å². The lowest BCUT2D eigenvalue weighted by atomic mass is 9.80. The number of fused-ring (bicyclic) bond motifs is 1. The highest BCUT2D eigenvalue weighted by molar-refractivity contribution is 7.13. The van der Waals surface area contributed by atoms with E-state index in [2.05, 4.69) is 16.2 Å². The fourth-order valence-corrected chi connectivity index (χ4v) is 4.62. The minimum Gasteiger partial charge on any atom is -0.389 e. The van der Waals surface area contributed by atoms with Gasteiger partial charge < -0.3 is 10.0 Å². The van der Waals surface area contributed by atoms with Gasteiger partial charge in [0.05, 0.1) is 16.0 Å². The van der Waals surface area contributed by atoms with E-state index in [9.17, 15) is 9.50 Å². The van der Waals surface area contributed by atoms with Crippen LogP contribution >= 0.6 is 23.9 Å². The van der Waals surface area contributed by atoms with Crippen LogP contribution in [0.4, 0.5) is 4.39 Å². The van der Waals surface area contributed by atoms with Gasteiger partial charge in [-0.1, -0.05) is 20.3 Å². The maximum Gasteiger partial charge on any atom is 0.124 e. The highest BCUT2D eigenvalue weighted by atomic mass is 35.5. The van der Waals surface area contributed by atoms with Gasteiger partial charge in [-0.25, -0.2) is 4.39 Å². The maximum atomic E-state index is 13.4. The monoisotopic (exact) mass is 386 g/mol. The maximum absolute atomic E-state index is 13.4. The van der Waals surface area contributed by atoms with Gasteiger partial charge >= 0.3 is 0 Å². The highest BCUT2D eigenvalue weighted by Gasteiger charge is 2.35. The van der Waals surface area contributed by atoms with Gasteiger partial charge in [0.25, 0.3) is 0 Å². The lowest BCUT2D eigenvalue weighted by Crippen LogP contribution is -2.40. The first-order chi connectivity index (χ1) is 11.5. The fraction of sp³-hybridized carbons (Fsp3) is 0.632. The van der Waals surface area contributed by atoms with Crippen molar-refractivity contribution in [2.75, 3.05) is 19.6 Å². The Hall–Kier alpha value is -0.750. The smallest absolute Gasteiger partial charge is 0.124 e. The summed E-state index contributed by atoms with van der Waals surface area (Å²) in [6.45, 7) is 7.32. The minimum absolute atomic E-state index is 0. The third-order valence-corrected chi connectivity index (χ3v) is 6.42. The first-order valence-electron chi connectivity index (χ1n) is 9.03. The lowest BCUT2D eigenvalue weighted by molar-refractivity contribution is -0.00542. The highest BCUT2D eigenvalue weighted by Crippen LogP contribution is 2.38. The van der Waals surface area contributed by atoms with Crippen LogP contribution in [0.1, 0.15) is 57.6 Å². The summed E-state index contributed by atoms with van der Waals surface area (Å²) in [4.78, 5) is 2.46. The Morgan fingerprint density at radius 2 is 2.04 bits per heavy atom. The molecular formula is C19H28ClFN2OS. The SMILES string of the molecule is CCC(O)(CCN1CCCCC1)C(C)c1nsc2cc(F)ccc12.Cl. The summed E-state index contributed by atoms with van der Waals surface area (Å²) in [6.07, 6.45) is 5.31. The van der Waals surface area contributed by atoms with Crippen molar-refractivity contribution in [3.63, 3.8) is 0 Å². The number of halogens is 2. The molecule has 6 heteroatoms. The number of benzene rings is 1. The van der Waals surface area contributed by atoms with Gasteiger partial charge in [0, 0.05) is 17.8 Å². The molecule has 1 aromatic heterocycles. The van der Waals surface area contributed by atoms with Crippen LogP contribution in [0.2, 0.25) is 0 Å². The van der Waals surface area contributed by atoms with Crippen LogP contribution in [0.25, 0.3) is 10.1 Å². The van der Waals surface area contributed by atoms with E-state index in [-0.39, 0.29) is 24.1 Å². The summed E-state index contributed by atoms with van der Waals surface area (Å²) in [5, 5.41) is 12.2. The Morgan fingerprint density at radius 1 is 1.32 bits per heavy atom. The molecule has 0 saturated carbocycles. The Morgan fingerprint density at radius 3 is 2.72 bits per heavy atom. The number of rotatable bonds is 6. The molecule has 2 aromatic rings. The number of nitrogens with zero attached hydrogens (tertiary/aromatic N) is 2. The van der Waals surface area contributed by atoms with Crippen molar-refractivity contribution < 1.29 is 9.50 Å². The van der Waals surface area contributed by atoms with Crippen LogP contribution in [-0.2, 0) is 0 Å². The van der Waals surface area contributed by atoms with Crippen LogP contribution in [0.15, 0.2) is 18.2 Å². The van der Waals surface area contributed by atoms with Gasteiger partial charge in [0.2, 0.25) is 0 Å². The van der Waals surface area contributed by atoms with Crippen molar-refractivity contribution in [3.05, 3.63) is 29.7 Å². The molecule has 2 atom stereocenters. The van der Waals surface area contributed by atoms with Crippen molar-refractivity contribution in [3.8, 4) is 0 Å². The third-order valence-electron chi connectivity index (χ3n) is 5.60. The van der Waals surface area contributed by atoms with Crippen LogP contribution in [-0.4, -0.2) is 39.6 Å². The number of aromatic nitrogens is 1. The summed E-state index contributed by atoms with van der Waals surface area (Å²) < 4.78 is 18.8. The summed E-state index contributed by atoms with van der Waals surface area (Å²) in [7, 11) is 0. The first kappa shape index (κ1) is 20.6. The second-order valence-electron chi connectivity index (χ2n) is 7.04. The molecule has 2 heterocycles. The van der Waals surface area contributed by atoms with Crippen LogP contribution in [0.3, 0.4) is 0 Å². The predicted octanol–water partition coefficient (Wildman–Crippen LogP) is 4.98. The first-order valence-corrected chi connectivity index (χ1v) is 9.80. The van der Waals surface area contributed by atoms with Gasteiger partial charge in [-0.15, -0.1) is 12.4 Å². The molecule has 3 nitrogen and oxygen atoms in total. The number of hydrogen-bond acceptors (Lipinski definition) is 4. The topological polar surface area (TPSA) is 36.4 Å². The van der Waals surface area contributed by atoms with Crippen LogP contribution in [0.5, 0.6) is 0 Å². The van der Waals surface area contributed by atoms with Crippen molar-refractivity contribution in [2.45, 2.75) is 57.5 Å². The van der Waals surface area contributed by atoms with Crippen LogP contribution < -0.4 is 0 Å². The fourth-order valence-electron chi connectivity index (χ4n) is 3.73. The molecule has 0 amide bonds. The zero-order valence-corrected chi connectivity index (χ0v) is 16.6. The molecule has 0 aliphatic carbocycles. The number of aliphatic hydroxyl groups is 1. The molecule has 1 saturated heterocycles. The normalized spacial score (nSPS) is 19.4. The van der Waals surface area contributed by atoms with E-state index in [0.29, 0.717) is 6.42 Å². The molecule has 1 N–H and O–H groups in total. The molecule has 2 unspecified atom stereocenters. The number of hydrogen-bond donors (Lipinski definition) is 1. The molecule has 1 aromatic carbocycles. The van der Waals surface area contributed by atoms with Gasteiger partial charge in [-0.05, 0) is 68.5 Å².